The highest BCUT2D eigenvalue weighted by Crippen LogP contribution is 2.32. The molecule has 1 aromatic heterocycles. The van der Waals surface area contributed by atoms with Gasteiger partial charge in [-0.25, -0.2) is 8.78 Å². The van der Waals surface area contributed by atoms with Crippen LogP contribution in [-0.4, -0.2) is 10.2 Å². The molecule has 1 rings (SSSR count). The second kappa shape index (κ2) is 10.7. The second-order valence-electron chi connectivity index (χ2n) is 6.34. The van der Waals surface area contributed by atoms with Crippen LogP contribution < -0.4 is 0 Å². The second-order valence-corrected chi connectivity index (χ2v) is 6.34. The van der Waals surface area contributed by atoms with Crippen molar-refractivity contribution in [1.29, 1.82) is 0 Å². The van der Waals surface area contributed by atoms with Gasteiger partial charge in [-0.2, -0.15) is 5.10 Å². The van der Waals surface area contributed by atoms with E-state index in [1.807, 2.05) is 0 Å². The van der Waals surface area contributed by atoms with Crippen molar-refractivity contribution in [2.45, 2.75) is 97.3 Å². The van der Waals surface area contributed by atoms with E-state index < -0.39 is 6.43 Å². The molecule has 0 amide bonds. The normalized spacial score (nSPS) is 11.8. The molecular weight excluding hydrogens is 282 g/mol. The summed E-state index contributed by atoms with van der Waals surface area (Å²) in [7, 11) is 0. The van der Waals surface area contributed by atoms with E-state index >= 15 is 0 Å². The van der Waals surface area contributed by atoms with Gasteiger partial charge in [0.1, 0.15) is 5.69 Å². The van der Waals surface area contributed by atoms with E-state index in [2.05, 4.69) is 24.0 Å². The molecule has 0 bridgehead atoms. The van der Waals surface area contributed by atoms with Crippen molar-refractivity contribution in [2.75, 3.05) is 0 Å². The van der Waals surface area contributed by atoms with E-state index in [1.165, 1.54) is 51.4 Å². The maximum atomic E-state index is 12.9. The Labute approximate surface area is 134 Å². The predicted octanol–water partition coefficient (Wildman–Crippen LogP) is 6.68. The molecule has 128 valence electrons. The third kappa shape index (κ3) is 6.05. The number of aromatic nitrogens is 2. The molecule has 0 aromatic carbocycles. The van der Waals surface area contributed by atoms with Crippen LogP contribution in [0, 0.1) is 6.92 Å². The number of hydrogen-bond donors (Lipinski definition) is 1. The number of nitrogens with one attached hydrogen (secondary N) is 1. The Morgan fingerprint density at radius 1 is 0.909 bits per heavy atom. The highest BCUT2D eigenvalue weighted by Gasteiger charge is 2.22. The van der Waals surface area contributed by atoms with Crippen molar-refractivity contribution in [3.8, 4) is 0 Å². The summed E-state index contributed by atoms with van der Waals surface area (Å²) in [5.41, 5.74) is 1.55. The minimum absolute atomic E-state index is 0.0675. The lowest BCUT2D eigenvalue weighted by molar-refractivity contribution is 0.145. The number of rotatable bonds is 12. The lowest BCUT2D eigenvalue weighted by Crippen LogP contribution is -2.03. The maximum absolute atomic E-state index is 12.9. The van der Waals surface area contributed by atoms with Crippen LogP contribution in [0.15, 0.2) is 0 Å². The first kappa shape index (κ1) is 19.1. The quantitative estimate of drug-likeness (QED) is 0.428. The highest BCUT2D eigenvalue weighted by molar-refractivity contribution is 5.27. The molecule has 4 heteroatoms. The first-order chi connectivity index (χ1) is 10.6. The van der Waals surface area contributed by atoms with Gasteiger partial charge in [-0.3, -0.25) is 5.10 Å². The van der Waals surface area contributed by atoms with Crippen LogP contribution in [0.4, 0.5) is 8.78 Å². The third-order valence-electron chi connectivity index (χ3n) is 4.51. The fourth-order valence-corrected chi connectivity index (χ4v) is 3.10. The summed E-state index contributed by atoms with van der Waals surface area (Å²) >= 11 is 0. The molecule has 0 saturated carbocycles. The number of alkyl halides is 2. The van der Waals surface area contributed by atoms with Gasteiger partial charge in [0.25, 0.3) is 6.43 Å². The van der Waals surface area contributed by atoms with Crippen molar-refractivity contribution in [3.05, 3.63) is 17.0 Å². The van der Waals surface area contributed by atoms with Gasteiger partial charge in [-0.15, -0.1) is 0 Å². The van der Waals surface area contributed by atoms with Crippen LogP contribution in [0.2, 0.25) is 0 Å². The lowest BCUT2D eigenvalue weighted by Gasteiger charge is -2.16. The Bertz CT molecular complexity index is 390. The number of aromatic amines is 1. The molecule has 0 aliphatic heterocycles. The zero-order valence-corrected chi connectivity index (χ0v) is 14.4. The molecule has 0 saturated heterocycles. The highest BCUT2D eigenvalue weighted by atomic mass is 19.3. The minimum atomic E-state index is -2.48. The monoisotopic (exact) mass is 314 g/mol. The van der Waals surface area contributed by atoms with Crippen LogP contribution in [0.5, 0.6) is 0 Å². The van der Waals surface area contributed by atoms with Gasteiger partial charge in [0.2, 0.25) is 0 Å². The fourth-order valence-electron chi connectivity index (χ4n) is 3.10. The molecule has 0 aliphatic rings. The summed E-state index contributed by atoms with van der Waals surface area (Å²) < 4.78 is 25.9. The van der Waals surface area contributed by atoms with Gasteiger partial charge >= 0.3 is 0 Å². The smallest absolute Gasteiger partial charge is 0.282 e. The van der Waals surface area contributed by atoms with Gasteiger partial charge in [0, 0.05) is 11.6 Å². The summed E-state index contributed by atoms with van der Waals surface area (Å²) in [4.78, 5) is 0. The molecule has 22 heavy (non-hydrogen) atoms. The van der Waals surface area contributed by atoms with Gasteiger partial charge in [-0.1, -0.05) is 65.2 Å². The molecule has 0 radical (unpaired) electrons. The minimum Gasteiger partial charge on any atom is -0.282 e. The largest absolute Gasteiger partial charge is 0.282 e. The van der Waals surface area contributed by atoms with E-state index in [9.17, 15) is 8.78 Å². The molecule has 0 aliphatic carbocycles. The Morgan fingerprint density at radius 3 is 1.86 bits per heavy atom. The summed E-state index contributed by atoms with van der Waals surface area (Å²) in [6.45, 7) is 6.19. The standard InChI is InChI=1S/C18H32F2N2/c1-4-6-8-10-12-15(13-11-9-7-5-2)16-14(3)17(18(19)20)22-21-16/h15,18H,4-13H2,1-3H3,(H,21,22). The number of hydrogen-bond acceptors (Lipinski definition) is 1. The van der Waals surface area contributed by atoms with Gasteiger partial charge < -0.3 is 0 Å². The van der Waals surface area contributed by atoms with E-state index in [-0.39, 0.29) is 5.69 Å². The van der Waals surface area contributed by atoms with Crippen molar-refractivity contribution in [2.24, 2.45) is 0 Å². The zero-order valence-electron chi connectivity index (χ0n) is 14.4. The van der Waals surface area contributed by atoms with Crippen LogP contribution in [0.1, 0.15) is 107 Å². The Balaban J connectivity index is 2.66. The van der Waals surface area contributed by atoms with Crippen molar-refractivity contribution in [3.63, 3.8) is 0 Å². The van der Waals surface area contributed by atoms with Crippen LogP contribution >= 0.6 is 0 Å². The van der Waals surface area contributed by atoms with Crippen LogP contribution in [-0.2, 0) is 0 Å². The number of nitrogens with zero attached hydrogens (tertiary/aromatic N) is 1. The lowest BCUT2D eigenvalue weighted by atomic mass is 9.89. The summed E-state index contributed by atoms with van der Waals surface area (Å²) in [6, 6.07) is 0. The Hall–Kier alpha value is -0.930. The molecule has 1 aromatic rings. The first-order valence-corrected chi connectivity index (χ1v) is 8.94. The molecule has 1 N–H and O–H groups in total. The molecule has 0 spiro atoms. The average Bonchev–Trinajstić information content (AvgIpc) is 2.87. The summed E-state index contributed by atoms with van der Waals surface area (Å²) in [5.74, 6) is 0.355. The molecule has 0 fully saturated rings. The number of unbranched alkanes of at least 4 members (excludes halogenated alkanes) is 6. The van der Waals surface area contributed by atoms with Crippen molar-refractivity contribution in [1.82, 2.24) is 10.2 Å². The van der Waals surface area contributed by atoms with Gasteiger partial charge in [0.05, 0.1) is 0 Å². The first-order valence-electron chi connectivity index (χ1n) is 8.94. The SMILES string of the molecule is CCCCCCC(CCCCCC)c1[nH]nc(C(F)F)c1C. The number of halogens is 2. The van der Waals surface area contributed by atoms with E-state index in [0.29, 0.717) is 11.5 Å². The van der Waals surface area contributed by atoms with E-state index in [4.69, 9.17) is 0 Å². The Morgan fingerprint density at radius 2 is 1.45 bits per heavy atom. The third-order valence-corrected chi connectivity index (χ3v) is 4.51. The molecular formula is C18H32F2N2. The molecule has 1 heterocycles. The molecule has 2 nitrogen and oxygen atoms in total. The van der Waals surface area contributed by atoms with E-state index in [0.717, 1.165) is 18.5 Å². The average molecular weight is 314 g/mol. The summed E-state index contributed by atoms with van der Waals surface area (Å²) in [5, 5.41) is 6.76. The maximum Gasteiger partial charge on any atom is 0.282 e. The topological polar surface area (TPSA) is 28.7 Å². The van der Waals surface area contributed by atoms with Crippen LogP contribution in [0.25, 0.3) is 0 Å². The van der Waals surface area contributed by atoms with E-state index in [1.54, 1.807) is 6.92 Å². The molecule has 0 unspecified atom stereocenters. The molecule has 0 atom stereocenters. The van der Waals surface area contributed by atoms with Crippen molar-refractivity contribution >= 4 is 0 Å². The fraction of sp³-hybridized carbons (Fsp3) is 0.833. The van der Waals surface area contributed by atoms with Crippen LogP contribution in [0.3, 0.4) is 0 Å². The predicted molar refractivity (Wildman–Crippen MR) is 88.5 cm³/mol. The van der Waals surface area contributed by atoms with Crippen molar-refractivity contribution < 1.29 is 8.78 Å². The zero-order chi connectivity index (χ0) is 16.4. The Kier molecular flexibility index (Phi) is 9.33. The van der Waals surface area contributed by atoms with Gasteiger partial charge in [0.15, 0.2) is 0 Å². The number of H-pyrrole nitrogens is 1. The van der Waals surface area contributed by atoms with Gasteiger partial charge in [-0.05, 0) is 25.3 Å². The summed E-state index contributed by atoms with van der Waals surface area (Å²) in [6.07, 6.45) is 9.46.